The topological polar surface area (TPSA) is 34.0 Å². The van der Waals surface area contributed by atoms with Crippen molar-refractivity contribution in [2.75, 3.05) is 6.54 Å². The molecule has 1 N–H and O–H groups in total. The fraction of sp³-hybridized carbons (Fsp3) is 0.364. The number of nitrogens with zero attached hydrogens (tertiary/aromatic N) is 1. The Kier molecular flexibility index (Phi) is 3.35. The molecule has 0 aliphatic heterocycles. The Balaban J connectivity index is 2.62. The minimum absolute atomic E-state index is 0.0733. The van der Waals surface area contributed by atoms with Gasteiger partial charge in [0.2, 0.25) is 0 Å². The van der Waals surface area contributed by atoms with Crippen molar-refractivity contribution >= 4 is 5.91 Å². The summed E-state index contributed by atoms with van der Waals surface area (Å²) in [5.74, 6) is 2.40. The number of carbonyl (C=O) groups is 1. The maximum absolute atomic E-state index is 11.6. The van der Waals surface area contributed by atoms with Crippen LogP contribution in [0.4, 0.5) is 0 Å². The van der Waals surface area contributed by atoms with Crippen LogP contribution in [0.2, 0.25) is 0 Å². The number of terminal acetylenes is 1. The maximum Gasteiger partial charge on any atom is 0.267 e. The van der Waals surface area contributed by atoms with Gasteiger partial charge in [-0.2, -0.15) is 0 Å². The van der Waals surface area contributed by atoms with Gasteiger partial charge in [0, 0.05) is 25.7 Å². The third-order valence-electron chi connectivity index (χ3n) is 2.16. The number of aryl methyl sites for hydroxylation is 1. The quantitative estimate of drug-likeness (QED) is 0.562. The summed E-state index contributed by atoms with van der Waals surface area (Å²) in [5.41, 5.74) is 1.73. The molecule has 0 bridgehead atoms. The molecule has 1 heterocycles. The monoisotopic (exact) mass is 190 g/mol. The van der Waals surface area contributed by atoms with Gasteiger partial charge in [-0.25, -0.2) is 0 Å². The van der Waals surface area contributed by atoms with Crippen LogP contribution in [0.15, 0.2) is 12.1 Å². The molecular weight excluding hydrogens is 176 g/mol. The Bertz CT molecular complexity index is 371. The SMILES string of the molecule is C#CCCNC(=O)c1ccc(C)n1C. The Morgan fingerprint density at radius 1 is 1.64 bits per heavy atom. The second-order valence-electron chi connectivity index (χ2n) is 3.13. The average Bonchev–Trinajstić information content (AvgIpc) is 2.48. The molecule has 0 spiro atoms. The molecule has 1 aromatic heterocycles. The number of aromatic nitrogens is 1. The summed E-state index contributed by atoms with van der Waals surface area (Å²) in [6.07, 6.45) is 5.65. The third kappa shape index (κ3) is 2.17. The summed E-state index contributed by atoms with van der Waals surface area (Å²) in [7, 11) is 1.87. The van der Waals surface area contributed by atoms with Crippen LogP contribution >= 0.6 is 0 Å². The zero-order chi connectivity index (χ0) is 10.6. The molecule has 1 amide bonds. The fourth-order valence-corrected chi connectivity index (χ4v) is 1.18. The molecule has 0 aliphatic carbocycles. The number of carbonyl (C=O) groups excluding carboxylic acids is 1. The average molecular weight is 190 g/mol. The molecule has 0 atom stereocenters. The zero-order valence-electron chi connectivity index (χ0n) is 8.50. The molecule has 14 heavy (non-hydrogen) atoms. The molecule has 0 saturated heterocycles. The molecule has 3 nitrogen and oxygen atoms in total. The molecule has 0 aromatic carbocycles. The van der Waals surface area contributed by atoms with Gasteiger partial charge in [-0.3, -0.25) is 4.79 Å². The first kappa shape index (κ1) is 10.4. The van der Waals surface area contributed by atoms with E-state index in [0.717, 1.165) is 5.69 Å². The highest BCUT2D eigenvalue weighted by Gasteiger charge is 2.09. The second-order valence-corrected chi connectivity index (χ2v) is 3.13. The molecule has 1 aromatic rings. The maximum atomic E-state index is 11.6. The molecule has 1 rings (SSSR count). The van der Waals surface area contributed by atoms with Crippen LogP contribution in [0, 0.1) is 19.3 Å². The largest absolute Gasteiger partial charge is 0.350 e. The first-order chi connectivity index (χ1) is 6.66. The number of nitrogens with one attached hydrogen (secondary N) is 1. The number of hydrogen-bond acceptors (Lipinski definition) is 1. The van der Waals surface area contributed by atoms with E-state index in [9.17, 15) is 4.79 Å². The number of rotatable bonds is 3. The van der Waals surface area contributed by atoms with E-state index in [2.05, 4.69) is 11.2 Å². The summed E-state index contributed by atoms with van der Waals surface area (Å²) in [4.78, 5) is 11.6. The van der Waals surface area contributed by atoms with Crippen LogP contribution in [-0.2, 0) is 7.05 Å². The molecule has 0 fully saturated rings. The minimum Gasteiger partial charge on any atom is -0.350 e. The highest BCUT2D eigenvalue weighted by molar-refractivity contribution is 5.92. The Morgan fingerprint density at radius 2 is 2.36 bits per heavy atom. The van der Waals surface area contributed by atoms with Crippen molar-refractivity contribution < 1.29 is 4.79 Å². The van der Waals surface area contributed by atoms with E-state index in [4.69, 9.17) is 6.42 Å². The summed E-state index contributed by atoms with van der Waals surface area (Å²) < 4.78 is 1.85. The van der Waals surface area contributed by atoms with E-state index < -0.39 is 0 Å². The van der Waals surface area contributed by atoms with Crippen molar-refractivity contribution in [2.24, 2.45) is 7.05 Å². The van der Waals surface area contributed by atoms with Crippen LogP contribution in [0.25, 0.3) is 0 Å². The standard InChI is InChI=1S/C11H14N2O/c1-4-5-8-12-11(14)10-7-6-9(2)13(10)3/h1,6-7H,5,8H2,2-3H3,(H,12,14). The Labute approximate surface area is 84.1 Å². The summed E-state index contributed by atoms with van der Waals surface area (Å²) in [6.45, 7) is 2.48. The third-order valence-corrected chi connectivity index (χ3v) is 2.16. The lowest BCUT2D eigenvalue weighted by atomic mass is 10.3. The normalized spacial score (nSPS) is 9.50. The van der Waals surface area contributed by atoms with Gasteiger partial charge in [0.1, 0.15) is 5.69 Å². The lowest BCUT2D eigenvalue weighted by Gasteiger charge is -2.05. The highest BCUT2D eigenvalue weighted by Crippen LogP contribution is 2.05. The van der Waals surface area contributed by atoms with Crippen molar-refractivity contribution in [1.29, 1.82) is 0 Å². The molecule has 74 valence electrons. The summed E-state index contributed by atoms with van der Waals surface area (Å²) in [6, 6.07) is 3.72. The second kappa shape index (κ2) is 4.52. The van der Waals surface area contributed by atoms with Crippen LogP contribution in [0.1, 0.15) is 22.6 Å². The van der Waals surface area contributed by atoms with Gasteiger partial charge in [0.25, 0.3) is 5.91 Å². The van der Waals surface area contributed by atoms with Gasteiger partial charge < -0.3 is 9.88 Å². The van der Waals surface area contributed by atoms with E-state index in [1.54, 1.807) is 6.07 Å². The molecule has 0 unspecified atom stereocenters. The van der Waals surface area contributed by atoms with Crippen molar-refractivity contribution in [1.82, 2.24) is 9.88 Å². The van der Waals surface area contributed by atoms with E-state index in [1.165, 1.54) is 0 Å². The fourth-order valence-electron chi connectivity index (χ4n) is 1.18. The van der Waals surface area contributed by atoms with Crippen molar-refractivity contribution in [3.63, 3.8) is 0 Å². The van der Waals surface area contributed by atoms with Gasteiger partial charge in [0.05, 0.1) is 0 Å². The smallest absolute Gasteiger partial charge is 0.267 e. The Hall–Kier alpha value is -1.69. The molecule has 3 heteroatoms. The lowest BCUT2D eigenvalue weighted by Crippen LogP contribution is -2.26. The lowest BCUT2D eigenvalue weighted by molar-refractivity contribution is 0.0946. The minimum atomic E-state index is -0.0733. The molecule has 0 saturated carbocycles. The van der Waals surface area contributed by atoms with Crippen molar-refractivity contribution in [3.8, 4) is 12.3 Å². The molecule has 0 aliphatic rings. The summed E-state index contributed by atoms with van der Waals surface area (Å²) in [5, 5.41) is 2.75. The van der Waals surface area contributed by atoms with E-state index in [-0.39, 0.29) is 5.91 Å². The van der Waals surface area contributed by atoms with E-state index in [1.807, 2.05) is 24.6 Å². The number of amides is 1. The first-order valence-corrected chi connectivity index (χ1v) is 4.51. The van der Waals surface area contributed by atoms with Gasteiger partial charge in [-0.05, 0) is 19.1 Å². The van der Waals surface area contributed by atoms with Crippen LogP contribution in [0.5, 0.6) is 0 Å². The van der Waals surface area contributed by atoms with Crippen molar-refractivity contribution in [2.45, 2.75) is 13.3 Å². The van der Waals surface area contributed by atoms with Crippen LogP contribution < -0.4 is 5.32 Å². The first-order valence-electron chi connectivity index (χ1n) is 4.51. The van der Waals surface area contributed by atoms with E-state index >= 15 is 0 Å². The number of hydrogen-bond donors (Lipinski definition) is 1. The van der Waals surface area contributed by atoms with Crippen molar-refractivity contribution in [3.05, 3.63) is 23.5 Å². The van der Waals surface area contributed by atoms with Gasteiger partial charge >= 0.3 is 0 Å². The molecule has 0 radical (unpaired) electrons. The highest BCUT2D eigenvalue weighted by atomic mass is 16.1. The van der Waals surface area contributed by atoms with E-state index in [0.29, 0.717) is 18.7 Å². The van der Waals surface area contributed by atoms with Gasteiger partial charge in [-0.1, -0.05) is 0 Å². The Morgan fingerprint density at radius 3 is 2.86 bits per heavy atom. The van der Waals surface area contributed by atoms with Gasteiger partial charge in [-0.15, -0.1) is 12.3 Å². The summed E-state index contributed by atoms with van der Waals surface area (Å²) >= 11 is 0. The zero-order valence-corrected chi connectivity index (χ0v) is 8.50. The van der Waals surface area contributed by atoms with Gasteiger partial charge in [0.15, 0.2) is 0 Å². The predicted molar refractivity (Wildman–Crippen MR) is 55.9 cm³/mol. The van der Waals surface area contributed by atoms with Crippen LogP contribution in [-0.4, -0.2) is 17.0 Å². The predicted octanol–water partition coefficient (Wildman–Crippen LogP) is 1.09. The van der Waals surface area contributed by atoms with Crippen LogP contribution in [0.3, 0.4) is 0 Å². The molecular formula is C11H14N2O.